The van der Waals surface area contributed by atoms with Crippen LogP contribution in [0.15, 0.2) is 60.9 Å². The molecule has 1 fully saturated rings. The van der Waals surface area contributed by atoms with Crippen molar-refractivity contribution < 1.29 is 9.59 Å². The van der Waals surface area contributed by atoms with Crippen LogP contribution in [0.1, 0.15) is 56.0 Å². The molecule has 38 heavy (non-hydrogen) atoms. The van der Waals surface area contributed by atoms with Gasteiger partial charge in [0.15, 0.2) is 0 Å². The van der Waals surface area contributed by atoms with Gasteiger partial charge in [0.25, 0.3) is 0 Å². The minimum atomic E-state index is 0.0365. The number of rotatable bonds is 5. The number of nitrogens with zero attached hydrogens (tertiary/aromatic N) is 6. The minimum absolute atomic E-state index is 0.0365. The second kappa shape index (κ2) is 11.9. The van der Waals surface area contributed by atoms with Crippen molar-refractivity contribution in [2.24, 2.45) is 7.05 Å². The Balaban J connectivity index is 1.48. The second-order valence-corrected chi connectivity index (χ2v) is 10.5. The molecule has 0 radical (unpaired) electrons. The fourth-order valence-electron chi connectivity index (χ4n) is 6.05. The average Bonchev–Trinajstić information content (AvgIpc) is 3.33. The predicted molar refractivity (Wildman–Crippen MR) is 147 cm³/mol. The van der Waals surface area contributed by atoms with Gasteiger partial charge in [-0.25, -0.2) is 0 Å². The van der Waals surface area contributed by atoms with E-state index in [1.165, 1.54) is 0 Å². The molecule has 1 aromatic carbocycles. The number of anilines is 1. The normalized spacial score (nSPS) is 20.5. The molecule has 2 atom stereocenters. The zero-order chi connectivity index (χ0) is 26.5. The summed E-state index contributed by atoms with van der Waals surface area (Å²) in [6.07, 6.45) is 8.85. The minimum Gasteiger partial charge on any atom is -0.337 e. The third-order valence-electron chi connectivity index (χ3n) is 8.09. The Labute approximate surface area is 225 Å². The third kappa shape index (κ3) is 5.96. The van der Waals surface area contributed by atoms with Gasteiger partial charge in [-0.15, -0.1) is 0 Å². The van der Waals surface area contributed by atoms with E-state index in [1.807, 2.05) is 64.1 Å². The molecule has 0 aliphatic carbocycles. The summed E-state index contributed by atoms with van der Waals surface area (Å²) < 4.78 is 1.83. The lowest BCUT2D eigenvalue weighted by Gasteiger charge is -2.44. The summed E-state index contributed by atoms with van der Waals surface area (Å²) in [6, 6.07) is 16.7. The highest BCUT2D eigenvalue weighted by molar-refractivity contribution is 5.92. The van der Waals surface area contributed by atoms with Crippen molar-refractivity contribution in [2.75, 3.05) is 18.0 Å². The van der Waals surface area contributed by atoms with Gasteiger partial charge >= 0.3 is 0 Å². The standard InChI is InChI=1S/C30H38N6O2/c1-23(37)35-19-16-27-10-7-11-28(36(27)21-25-9-5-6-17-31-25)22-34(20-24-8-3-4-12-29(24)35)30(38)14-13-26-15-18-32-33(26)2/h3-6,8-9,12,15,17-18,27-28H,7,10-11,13-14,16,19-22H2,1-2H3. The van der Waals surface area contributed by atoms with Gasteiger partial charge in [0.1, 0.15) is 0 Å². The van der Waals surface area contributed by atoms with Crippen LogP contribution in [0.3, 0.4) is 0 Å². The molecule has 0 saturated carbocycles. The lowest BCUT2D eigenvalue weighted by molar-refractivity contribution is -0.133. The Morgan fingerprint density at radius 2 is 1.79 bits per heavy atom. The number of aromatic nitrogens is 3. The van der Waals surface area contributed by atoms with E-state index in [0.717, 1.165) is 54.9 Å². The molecule has 4 heterocycles. The van der Waals surface area contributed by atoms with Crippen LogP contribution in [0.2, 0.25) is 0 Å². The monoisotopic (exact) mass is 514 g/mol. The Morgan fingerprint density at radius 1 is 0.974 bits per heavy atom. The summed E-state index contributed by atoms with van der Waals surface area (Å²) in [4.78, 5) is 37.7. The number of carbonyl (C=O) groups excluding carboxylic acids is 2. The van der Waals surface area contributed by atoms with E-state index in [0.29, 0.717) is 38.5 Å². The average molecular weight is 515 g/mol. The van der Waals surface area contributed by atoms with Gasteiger partial charge in [0.05, 0.1) is 5.69 Å². The van der Waals surface area contributed by atoms with Crippen molar-refractivity contribution in [3.8, 4) is 0 Å². The largest absolute Gasteiger partial charge is 0.337 e. The Kier molecular flexibility index (Phi) is 8.17. The van der Waals surface area contributed by atoms with Gasteiger partial charge in [-0.2, -0.15) is 5.10 Å². The molecular weight excluding hydrogens is 476 g/mol. The first-order chi connectivity index (χ1) is 18.5. The maximum absolute atomic E-state index is 13.8. The van der Waals surface area contributed by atoms with E-state index in [1.54, 1.807) is 13.1 Å². The van der Waals surface area contributed by atoms with Crippen molar-refractivity contribution in [1.29, 1.82) is 0 Å². The molecule has 0 spiro atoms. The molecule has 1 saturated heterocycles. The van der Waals surface area contributed by atoms with Crippen LogP contribution in [0.25, 0.3) is 0 Å². The molecule has 2 aliphatic rings. The van der Waals surface area contributed by atoms with Crippen LogP contribution < -0.4 is 4.90 Å². The second-order valence-electron chi connectivity index (χ2n) is 10.5. The zero-order valence-electron chi connectivity index (χ0n) is 22.5. The summed E-state index contributed by atoms with van der Waals surface area (Å²) in [7, 11) is 1.91. The van der Waals surface area contributed by atoms with E-state index in [2.05, 4.69) is 27.1 Å². The van der Waals surface area contributed by atoms with Crippen LogP contribution in [-0.4, -0.2) is 61.6 Å². The lowest BCUT2D eigenvalue weighted by Crippen LogP contribution is -2.52. The lowest BCUT2D eigenvalue weighted by atomic mass is 9.92. The molecule has 2 bridgehead atoms. The molecule has 2 aromatic heterocycles. The molecule has 5 rings (SSSR count). The van der Waals surface area contributed by atoms with Gasteiger partial charge in [-0.3, -0.25) is 24.2 Å². The van der Waals surface area contributed by atoms with Crippen molar-refractivity contribution in [3.63, 3.8) is 0 Å². The van der Waals surface area contributed by atoms with E-state index >= 15 is 0 Å². The number of carbonyl (C=O) groups is 2. The number of piperidine rings is 1. The number of amides is 2. The smallest absolute Gasteiger partial charge is 0.223 e. The first kappa shape index (κ1) is 26.1. The quantitative estimate of drug-likeness (QED) is 0.515. The highest BCUT2D eigenvalue weighted by atomic mass is 16.2. The molecule has 0 N–H and O–H groups in total. The first-order valence-corrected chi connectivity index (χ1v) is 13.8. The summed E-state index contributed by atoms with van der Waals surface area (Å²) in [6.45, 7) is 4.21. The predicted octanol–water partition coefficient (Wildman–Crippen LogP) is 3.96. The maximum atomic E-state index is 13.8. The van der Waals surface area contributed by atoms with Crippen LogP contribution in [-0.2, 0) is 36.1 Å². The highest BCUT2D eigenvalue weighted by Gasteiger charge is 2.34. The molecule has 2 amide bonds. The molecule has 3 aromatic rings. The summed E-state index contributed by atoms with van der Waals surface area (Å²) >= 11 is 0. The van der Waals surface area contributed by atoms with Crippen molar-refractivity contribution in [3.05, 3.63) is 77.9 Å². The van der Waals surface area contributed by atoms with Gasteiger partial charge in [0, 0.05) is 82.4 Å². The van der Waals surface area contributed by atoms with Gasteiger partial charge in [-0.05, 0) is 55.5 Å². The Bertz CT molecular complexity index is 1240. The fraction of sp³-hybridized carbons (Fsp3) is 0.467. The Hall–Kier alpha value is -3.52. The molecule has 8 nitrogen and oxygen atoms in total. The maximum Gasteiger partial charge on any atom is 0.223 e. The van der Waals surface area contributed by atoms with Crippen molar-refractivity contribution >= 4 is 17.5 Å². The van der Waals surface area contributed by atoms with Crippen LogP contribution in [0.4, 0.5) is 5.69 Å². The van der Waals surface area contributed by atoms with Gasteiger partial charge in [-0.1, -0.05) is 30.7 Å². The fourth-order valence-corrected chi connectivity index (χ4v) is 6.05. The number of hydrogen-bond donors (Lipinski definition) is 0. The molecule has 2 unspecified atom stereocenters. The van der Waals surface area contributed by atoms with Crippen LogP contribution >= 0.6 is 0 Å². The van der Waals surface area contributed by atoms with E-state index < -0.39 is 0 Å². The van der Waals surface area contributed by atoms with E-state index in [-0.39, 0.29) is 17.9 Å². The van der Waals surface area contributed by atoms with Gasteiger partial charge < -0.3 is 9.80 Å². The topological polar surface area (TPSA) is 74.6 Å². The number of hydrogen-bond acceptors (Lipinski definition) is 5. The number of aryl methyl sites for hydroxylation is 2. The molecular formula is C30H38N6O2. The number of pyridine rings is 1. The molecule has 200 valence electrons. The third-order valence-corrected chi connectivity index (χ3v) is 8.09. The van der Waals surface area contributed by atoms with Crippen LogP contribution in [0.5, 0.6) is 0 Å². The van der Waals surface area contributed by atoms with E-state index in [4.69, 9.17) is 0 Å². The summed E-state index contributed by atoms with van der Waals surface area (Å²) in [5.41, 5.74) is 4.02. The molecule has 8 heteroatoms. The Morgan fingerprint density at radius 3 is 2.55 bits per heavy atom. The number of benzene rings is 1. The SMILES string of the molecule is CC(=O)N1CCC2CCCC(CN(C(=O)CCc3ccnn3C)Cc3ccccc31)N2Cc1ccccn1. The molecule has 2 aliphatic heterocycles. The number of fused-ring (bicyclic) bond motifs is 3. The zero-order valence-corrected chi connectivity index (χ0v) is 22.5. The van der Waals surface area contributed by atoms with E-state index in [9.17, 15) is 9.59 Å². The van der Waals surface area contributed by atoms with Crippen molar-refractivity contribution in [2.45, 2.75) is 70.6 Å². The summed E-state index contributed by atoms with van der Waals surface area (Å²) in [5, 5.41) is 4.26. The van der Waals surface area contributed by atoms with Crippen LogP contribution in [0, 0.1) is 0 Å². The number of para-hydroxylation sites is 1. The highest BCUT2D eigenvalue weighted by Crippen LogP contribution is 2.31. The summed E-state index contributed by atoms with van der Waals surface area (Å²) in [5.74, 6) is 0.170. The first-order valence-electron chi connectivity index (χ1n) is 13.8. The van der Waals surface area contributed by atoms with Crippen molar-refractivity contribution in [1.82, 2.24) is 24.6 Å². The van der Waals surface area contributed by atoms with Gasteiger partial charge in [0.2, 0.25) is 11.8 Å².